The Bertz CT molecular complexity index is 3550. The van der Waals surface area contributed by atoms with Gasteiger partial charge in [0.25, 0.3) is 0 Å². The SMILES string of the molecule is C1=CC2=C(CC1)CCc1ccccc1N2c1ccc2c(-c3ccc(-c4ccc5ccccc5c4)cc3)c3cc(N4c5ccccc5CCc5ccccc54)ccc3c(-c3ccccc3)c2c1. The van der Waals surface area contributed by atoms with E-state index < -0.39 is 0 Å². The van der Waals surface area contributed by atoms with Gasteiger partial charge in [0.1, 0.15) is 0 Å². The third kappa shape index (κ3) is 6.47. The fourth-order valence-corrected chi connectivity index (χ4v) is 11.3. The minimum absolute atomic E-state index is 1.01. The van der Waals surface area contributed by atoms with Gasteiger partial charge in [-0.3, -0.25) is 0 Å². The van der Waals surface area contributed by atoms with E-state index >= 15 is 0 Å². The summed E-state index contributed by atoms with van der Waals surface area (Å²) < 4.78 is 0. The van der Waals surface area contributed by atoms with Crippen molar-refractivity contribution < 1.29 is 0 Å². The molecule has 10 aromatic carbocycles. The summed E-state index contributed by atoms with van der Waals surface area (Å²) in [6, 6.07) is 77.4. The Morgan fingerprint density at radius 1 is 0.318 bits per heavy atom. The molecule has 10 aromatic rings. The molecule has 2 aliphatic heterocycles. The number of aryl methyl sites for hydroxylation is 3. The van der Waals surface area contributed by atoms with Crippen LogP contribution in [0.1, 0.15) is 36.0 Å². The van der Waals surface area contributed by atoms with Gasteiger partial charge in [-0.15, -0.1) is 0 Å². The van der Waals surface area contributed by atoms with E-state index in [1.807, 2.05) is 0 Å². The van der Waals surface area contributed by atoms with E-state index in [1.54, 1.807) is 5.57 Å². The molecule has 2 heterocycles. The molecule has 0 atom stereocenters. The second-order valence-corrected chi connectivity index (χ2v) is 18.2. The van der Waals surface area contributed by atoms with Gasteiger partial charge >= 0.3 is 0 Å². The third-order valence-electron chi connectivity index (χ3n) is 14.5. The van der Waals surface area contributed by atoms with Crippen LogP contribution in [0.3, 0.4) is 0 Å². The molecule has 0 amide bonds. The smallest absolute Gasteiger partial charge is 0.0493 e. The summed E-state index contributed by atoms with van der Waals surface area (Å²) in [5, 5.41) is 7.49. The molecule has 0 N–H and O–H groups in total. The largest absolute Gasteiger partial charge is 0.310 e. The molecular weight excluding hydrogens is 797 g/mol. The van der Waals surface area contributed by atoms with Crippen LogP contribution in [0.15, 0.2) is 230 Å². The standard InChI is InChI=1S/C64H48N2/c1-2-19-49(20-3-1)63-55-38-36-54(66-61-24-12-8-17-47(61)31-32-48-18-9-13-25-62(48)66)42-58(55)64(50-33-26-44(27-34-50)52-35-28-43-14-4-5-21-51(43)40-52)56-39-37-53(41-57(56)63)65-59-22-10-6-15-45(59)29-30-46-16-7-11-23-60(46)65/h1-6,8-15,17-28,33-42H,7,16,29-32H2. The highest BCUT2D eigenvalue weighted by atomic mass is 15.2. The van der Waals surface area contributed by atoms with E-state index in [1.165, 1.54) is 111 Å². The van der Waals surface area contributed by atoms with Crippen molar-refractivity contribution >= 4 is 60.8 Å². The van der Waals surface area contributed by atoms with Gasteiger partial charge < -0.3 is 9.80 Å². The second kappa shape index (κ2) is 15.9. The van der Waals surface area contributed by atoms with Crippen LogP contribution in [-0.2, 0) is 19.3 Å². The summed E-state index contributed by atoms with van der Waals surface area (Å²) in [6.45, 7) is 0. The Balaban J connectivity index is 1.09. The first-order chi connectivity index (χ1) is 32.7. The van der Waals surface area contributed by atoms with E-state index in [2.05, 4.69) is 228 Å². The van der Waals surface area contributed by atoms with Crippen molar-refractivity contribution in [1.82, 2.24) is 0 Å². The van der Waals surface area contributed by atoms with Gasteiger partial charge in [0.05, 0.1) is 0 Å². The summed E-state index contributed by atoms with van der Waals surface area (Å²) in [4.78, 5) is 5.07. The van der Waals surface area contributed by atoms with Crippen LogP contribution in [0, 0.1) is 0 Å². The van der Waals surface area contributed by atoms with Gasteiger partial charge in [-0.1, -0.05) is 164 Å². The van der Waals surface area contributed by atoms with Crippen LogP contribution in [-0.4, -0.2) is 0 Å². The van der Waals surface area contributed by atoms with Gasteiger partial charge in [0.2, 0.25) is 0 Å². The number of allylic oxidation sites excluding steroid dienone is 3. The van der Waals surface area contributed by atoms with Crippen LogP contribution in [0.4, 0.5) is 28.4 Å². The van der Waals surface area contributed by atoms with Crippen LogP contribution >= 0.6 is 0 Å². The summed E-state index contributed by atoms with van der Waals surface area (Å²) >= 11 is 0. The van der Waals surface area contributed by atoms with E-state index in [9.17, 15) is 0 Å². The summed E-state index contributed by atoms with van der Waals surface area (Å²) in [5.41, 5.74) is 20.5. The molecule has 314 valence electrons. The lowest BCUT2D eigenvalue weighted by molar-refractivity contribution is 0.833. The molecule has 0 radical (unpaired) electrons. The van der Waals surface area contributed by atoms with Gasteiger partial charge in [0, 0.05) is 34.1 Å². The van der Waals surface area contributed by atoms with E-state index in [0.29, 0.717) is 0 Å². The number of benzene rings is 10. The zero-order valence-electron chi connectivity index (χ0n) is 36.9. The van der Waals surface area contributed by atoms with Crippen molar-refractivity contribution in [3.8, 4) is 33.4 Å². The highest BCUT2D eigenvalue weighted by molar-refractivity contribution is 6.22. The molecular formula is C64H48N2. The Labute approximate surface area is 387 Å². The van der Waals surface area contributed by atoms with Crippen LogP contribution in [0.25, 0.3) is 65.7 Å². The molecule has 0 unspecified atom stereocenters. The maximum atomic E-state index is 2.56. The van der Waals surface area contributed by atoms with Crippen molar-refractivity contribution in [2.45, 2.75) is 38.5 Å². The van der Waals surface area contributed by atoms with Gasteiger partial charge in [-0.25, -0.2) is 0 Å². The maximum Gasteiger partial charge on any atom is 0.0493 e. The predicted octanol–water partition coefficient (Wildman–Crippen LogP) is 17.4. The van der Waals surface area contributed by atoms with Crippen molar-refractivity contribution in [3.05, 3.63) is 246 Å². The molecule has 13 rings (SSSR count). The molecule has 2 heteroatoms. The summed E-state index contributed by atoms with van der Waals surface area (Å²) in [5.74, 6) is 0. The molecule has 2 nitrogen and oxygen atoms in total. The summed E-state index contributed by atoms with van der Waals surface area (Å²) in [6.07, 6.45) is 11.1. The number of fused-ring (bicyclic) bond motifs is 6. The van der Waals surface area contributed by atoms with Crippen molar-refractivity contribution in [2.75, 3.05) is 9.80 Å². The monoisotopic (exact) mass is 844 g/mol. The maximum absolute atomic E-state index is 2.56. The lowest BCUT2D eigenvalue weighted by atomic mass is 9.85. The van der Waals surface area contributed by atoms with Crippen molar-refractivity contribution in [3.63, 3.8) is 0 Å². The molecule has 0 spiro atoms. The normalized spacial score (nSPS) is 14.4. The summed E-state index contributed by atoms with van der Waals surface area (Å²) in [7, 11) is 0. The highest BCUT2D eigenvalue weighted by Gasteiger charge is 2.27. The lowest BCUT2D eigenvalue weighted by Crippen LogP contribution is -2.18. The first kappa shape index (κ1) is 38.5. The quantitative estimate of drug-likeness (QED) is 0.159. The fourth-order valence-electron chi connectivity index (χ4n) is 11.3. The van der Waals surface area contributed by atoms with Gasteiger partial charge in [-0.05, 0) is 181 Å². The van der Waals surface area contributed by atoms with Gasteiger partial charge in [-0.2, -0.15) is 0 Å². The average Bonchev–Trinajstić information content (AvgIpc) is 3.66. The minimum atomic E-state index is 1.01. The van der Waals surface area contributed by atoms with Crippen LogP contribution in [0.2, 0.25) is 0 Å². The topological polar surface area (TPSA) is 6.48 Å². The van der Waals surface area contributed by atoms with E-state index in [4.69, 9.17) is 0 Å². The Morgan fingerprint density at radius 3 is 1.47 bits per heavy atom. The minimum Gasteiger partial charge on any atom is -0.310 e. The Morgan fingerprint density at radius 2 is 0.818 bits per heavy atom. The zero-order valence-corrected chi connectivity index (χ0v) is 36.9. The first-order valence-electron chi connectivity index (χ1n) is 23.6. The Hall–Kier alpha value is -7.94. The number of anilines is 5. The van der Waals surface area contributed by atoms with Gasteiger partial charge in [0.15, 0.2) is 0 Å². The Kier molecular flexibility index (Phi) is 9.30. The zero-order chi connectivity index (χ0) is 43.6. The number of hydrogen-bond acceptors (Lipinski definition) is 2. The van der Waals surface area contributed by atoms with Crippen LogP contribution in [0.5, 0.6) is 0 Å². The molecule has 3 aliphatic rings. The van der Waals surface area contributed by atoms with Crippen molar-refractivity contribution in [1.29, 1.82) is 0 Å². The number of hydrogen-bond donors (Lipinski definition) is 0. The van der Waals surface area contributed by atoms with Crippen LogP contribution < -0.4 is 9.80 Å². The molecule has 66 heavy (non-hydrogen) atoms. The third-order valence-corrected chi connectivity index (χ3v) is 14.5. The molecule has 1 aliphatic carbocycles. The molecule has 0 aromatic heterocycles. The average molecular weight is 845 g/mol. The number of para-hydroxylation sites is 3. The predicted molar refractivity (Wildman–Crippen MR) is 280 cm³/mol. The molecule has 0 saturated heterocycles. The number of rotatable bonds is 5. The molecule has 0 bridgehead atoms. The second-order valence-electron chi connectivity index (χ2n) is 18.2. The molecule has 0 fully saturated rings. The first-order valence-corrected chi connectivity index (χ1v) is 23.6. The molecule has 0 saturated carbocycles. The van der Waals surface area contributed by atoms with E-state index in [0.717, 1.165) is 44.2 Å². The fraction of sp³-hybridized carbons (Fsp3) is 0.0938. The van der Waals surface area contributed by atoms with Crippen molar-refractivity contribution in [2.24, 2.45) is 0 Å². The lowest BCUT2D eigenvalue weighted by Gasteiger charge is -2.30. The highest BCUT2D eigenvalue weighted by Crippen LogP contribution is 2.50. The number of nitrogens with zero attached hydrogens (tertiary/aromatic N) is 2. The van der Waals surface area contributed by atoms with E-state index in [-0.39, 0.29) is 0 Å².